The van der Waals surface area contributed by atoms with Gasteiger partial charge in [-0.2, -0.15) is 4.31 Å². The van der Waals surface area contributed by atoms with Crippen LogP contribution in [0.3, 0.4) is 0 Å². The summed E-state index contributed by atoms with van der Waals surface area (Å²) in [7, 11) is -3.43. The number of carbonyl (C=O) groups is 1. The quantitative estimate of drug-likeness (QED) is 0.837. The van der Waals surface area contributed by atoms with Crippen LogP contribution in [0, 0.1) is 6.92 Å². The van der Waals surface area contributed by atoms with E-state index in [4.69, 9.17) is 4.52 Å². The average Bonchev–Trinajstić information content (AvgIpc) is 3.26. The molecule has 2 aromatic rings. The number of hydrogen-bond donors (Lipinski definition) is 1. The molecular weight excluding hydrogens is 364 g/mol. The highest BCUT2D eigenvalue weighted by Crippen LogP contribution is 2.22. The van der Waals surface area contributed by atoms with Gasteiger partial charge in [-0.25, -0.2) is 8.42 Å². The first kappa shape index (κ1) is 18.1. The van der Waals surface area contributed by atoms with Gasteiger partial charge in [-0.05, 0) is 25.3 Å². The van der Waals surface area contributed by atoms with Crippen LogP contribution >= 0.6 is 11.3 Å². The van der Waals surface area contributed by atoms with Crippen molar-refractivity contribution in [2.45, 2.75) is 24.1 Å². The number of sulfonamides is 1. The Morgan fingerprint density at radius 1 is 1.36 bits per heavy atom. The zero-order valence-electron chi connectivity index (χ0n) is 14.0. The maximum Gasteiger partial charge on any atom is 0.252 e. The molecule has 1 amide bonds. The number of thiophene rings is 1. The van der Waals surface area contributed by atoms with E-state index in [0.29, 0.717) is 42.0 Å². The van der Waals surface area contributed by atoms with Crippen molar-refractivity contribution in [3.63, 3.8) is 0 Å². The molecule has 1 aliphatic rings. The predicted molar refractivity (Wildman–Crippen MR) is 94.0 cm³/mol. The predicted octanol–water partition coefficient (Wildman–Crippen LogP) is 1.38. The van der Waals surface area contributed by atoms with Crippen LogP contribution in [-0.2, 0) is 14.8 Å². The summed E-state index contributed by atoms with van der Waals surface area (Å²) in [6.07, 6.45) is 0. The van der Waals surface area contributed by atoms with E-state index in [1.807, 2.05) is 4.90 Å². The number of rotatable bonds is 5. The van der Waals surface area contributed by atoms with Crippen molar-refractivity contribution >= 4 is 33.1 Å². The lowest BCUT2D eigenvalue weighted by Crippen LogP contribution is -2.53. The highest BCUT2D eigenvalue weighted by atomic mass is 32.2. The molecule has 3 heterocycles. The number of aromatic nitrogens is 1. The molecule has 0 radical (unpaired) electrons. The second-order valence-corrected chi connectivity index (χ2v) is 8.97. The molecule has 1 aliphatic heterocycles. The summed E-state index contributed by atoms with van der Waals surface area (Å²) in [4.78, 5) is 14.3. The molecule has 0 aliphatic carbocycles. The minimum atomic E-state index is -3.43. The van der Waals surface area contributed by atoms with Gasteiger partial charge in [-0.1, -0.05) is 11.2 Å². The molecule has 8 nitrogen and oxygen atoms in total. The fourth-order valence-corrected chi connectivity index (χ4v) is 5.26. The summed E-state index contributed by atoms with van der Waals surface area (Å²) in [5.74, 6) is 0.812. The zero-order chi connectivity index (χ0) is 18.0. The van der Waals surface area contributed by atoms with E-state index in [1.165, 1.54) is 15.6 Å². The normalized spacial score (nSPS) is 18.2. The standard InChI is InChI=1S/C15H20N4O4S2/c1-11-10-13(17-23-11)16-15(20)12(2)18-5-7-19(8-6-18)25(21,22)14-4-3-9-24-14/h3-4,9-10,12H,5-8H2,1-2H3,(H,16,17,20)/t12-/m0/s1. The Morgan fingerprint density at radius 3 is 2.64 bits per heavy atom. The molecule has 1 saturated heterocycles. The zero-order valence-corrected chi connectivity index (χ0v) is 15.6. The summed E-state index contributed by atoms with van der Waals surface area (Å²) in [5, 5.41) is 8.20. The Kier molecular flexibility index (Phi) is 5.23. The molecule has 25 heavy (non-hydrogen) atoms. The van der Waals surface area contributed by atoms with Crippen LogP contribution in [-0.4, -0.2) is 60.9 Å². The van der Waals surface area contributed by atoms with E-state index >= 15 is 0 Å². The molecule has 1 N–H and O–H groups in total. The Labute approximate surface area is 150 Å². The van der Waals surface area contributed by atoms with Crippen LogP contribution in [0.25, 0.3) is 0 Å². The molecule has 3 rings (SSSR count). The molecule has 1 fully saturated rings. The van der Waals surface area contributed by atoms with Crippen molar-refractivity contribution in [1.29, 1.82) is 0 Å². The van der Waals surface area contributed by atoms with Gasteiger partial charge in [0.2, 0.25) is 5.91 Å². The Morgan fingerprint density at radius 2 is 2.08 bits per heavy atom. The third-order valence-corrected chi connectivity index (χ3v) is 7.44. The molecule has 2 aromatic heterocycles. The third-order valence-electron chi connectivity index (χ3n) is 4.17. The van der Waals surface area contributed by atoms with Gasteiger partial charge in [0, 0.05) is 32.2 Å². The second-order valence-electron chi connectivity index (χ2n) is 5.86. The average molecular weight is 384 g/mol. The summed E-state index contributed by atoms with van der Waals surface area (Å²) >= 11 is 1.22. The number of piperazine rings is 1. The molecule has 10 heteroatoms. The number of hydrogen-bond acceptors (Lipinski definition) is 7. The van der Waals surface area contributed by atoms with Crippen LogP contribution in [0.4, 0.5) is 5.82 Å². The lowest BCUT2D eigenvalue weighted by molar-refractivity contribution is -0.121. The highest BCUT2D eigenvalue weighted by molar-refractivity contribution is 7.91. The SMILES string of the molecule is Cc1cc(NC(=O)[C@H](C)N2CCN(S(=O)(=O)c3cccs3)CC2)no1. The van der Waals surface area contributed by atoms with Gasteiger partial charge in [-0.15, -0.1) is 11.3 Å². The van der Waals surface area contributed by atoms with Crippen molar-refractivity contribution in [2.75, 3.05) is 31.5 Å². The summed E-state index contributed by atoms with van der Waals surface area (Å²) in [6.45, 7) is 5.26. The molecular formula is C15H20N4O4S2. The molecule has 0 saturated carbocycles. The van der Waals surface area contributed by atoms with Gasteiger partial charge in [-0.3, -0.25) is 9.69 Å². The molecule has 0 spiro atoms. The van der Waals surface area contributed by atoms with Crippen LogP contribution in [0.1, 0.15) is 12.7 Å². The van der Waals surface area contributed by atoms with E-state index in [0.717, 1.165) is 0 Å². The molecule has 0 aromatic carbocycles. The maximum absolute atomic E-state index is 12.5. The number of amides is 1. The van der Waals surface area contributed by atoms with Gasteiger partial charge in [0.25, 0.3) is 10.0 Å². The van der Waals surface area contributed by atoms with Crippen molar-refractivity contribution in [3.05, 3.63) is 29.3 Å². The number of carbonyl (C=O) groups excluding carboxylic acids is 1. The number of nitrogens with zero attached hydrogens (tertiary/aromatic N) is 3. The fourth-order valence-electron chi connectivity index (χ4n) is 2.69. The first-order valence-corrected chi connectivity index (χ1v) is 10.2. The van der Waals surface area contributed by atoms with Crippen LogP contribution < -0.4 is 5.32 Å². The maximum atomic E-state index is 12.5. The molecule has 0 bridgehead atoms. The second kappa shape index (κ2) is 7.24. The lowest BCUT2D eigenvalue weighted by Gasteiger charge is -2.36. The van der Waals surface area contributed by atoms with Gasteiger partial charge in [0.05, 0.1) is 6.04 Å². The Bertz CT molecular complexity index is 824. The highest BCUT2D eigenvalue weighted by Gasteiger charge is 2.32. The smallest absolute Gasteiger partial charge is 0.252 e. The number of nitrogens with one attached hydrogen (secondary N) is 1. The number of aryl methyl sites for hydroxylation is 1. The minimum Gasteiger partial charge on any atom is -0.360 e. The lowest BCUT2D eigenvalue weighted by atomic mass is 10.2. The minimum absolute atomic E-state index is 0.192. The van der Waals surface area contributed by atoms with Crippen molar-refractivity contribution in [1.82, 2.24) is 14.4 Å². The van der Waals surface area contributed by atoms with Crippen LogP contribution in [0.5, 0.6) is 0 Å². The summed E-state index contributed by atoms with van der Waals surface area (Å²) in [6, 6.07) is 4.60. The van der Waals surface area contributed by atoms with Crippen molar-refractivity contribution in [3.8, 4) is 0 Å². The monoisotopic (exact) mass is 384 g/mol. The van der Waals surface area contributed by atoms with Gasteiger partial charge in [0.1, 0.15) is 9.97 Å². The van der Waals surface area contributed by atoms with Crippen LogP contribution in [0.2, 0.25) is 0 Å². The first-order chi connectivity index (χ1) is 11.9. The fraction of sp³-hybridized carbons (Fsp3) is 0.467. The van der Waals surface area contributed by atoms with E-state index in [-0.39, 0.29) is 11.9 Å². The van der Waals surface area contributed by atoms with E-state index < -0.39 is 10.0 Å². The Hall–Kier alpha value is -1.75. The largest absolute Gasteiger partial charge is 0.360 e. The van der Waals surface area contributed by atoms with E-state index in [9.17, 15) is 13.2 Å². The van der Waals surface area contributed by atoms with Gasteiger partial charge >= 0.3 is 0 Å². The molecule has 0 unspecified atom stereocenters. The van der Waals surface area contributed by atoms with E-state index in [2.05, 4.69) is 10.5 Å². The van der Waals surface area contributed by atoms with Gasteiger partial charge in [0.15, 0.2) is 5.82 Å². The van der Waals surface area contributed by atoms with Crippen molar-refractivity contribution in [2.24, 2.45) is 0 Å². The molecule has 136 valence electrons. The van der Waals surface area contributed by atoms with Gasteiger partial charge < -0.3 is 9.84 Å². The van der Waals surface area contributed by atoms with Crippen molar-refractivity contribution < 1.29 is 17.7 Å². The van der Waals surface area contributed by atoms with E-state index in [1.54, 1.807) is 37.4 Å². The summed E-state index contributed by atoms with van der Waals surface area (Å²) < 4.78 is 31.8. The molecule has 1 atom stereocenters. The first-order valence-electron chi connectivity index (χ1n) is 7.90. The topological polar surface area (TPSA) is 95.8 Å². The van der Waals surface area contributed by atoms with Crippen LogP contribution in [0.15, 0.2) is 32.3 Å². The summed E-state index contributed by atoms with van der Waals surface area (Å²) in [5.41, 5.74) is 0. The third kappa shape index (κ3) is 3.92. The number of anilines is 1. The Balaban J connectivity index is 1.57.